The van der Waals surface area contributed by atoms with E-state index in [-0.39, 0.29) is 5.96 Å². The average molecular weight is 354 g/mol. The van der Waals surface area contributed by atoms with Gasteiger partial charge in [-0.15, -0.1) is 0 Å². The van der Waals surface area contributed by atoms with Crippen LogP contribution in [0, 0.1) is 5.92 Å². The molecule has 2 fully saturated rings. The molecule has 25 heavy (non-hydrogen) atoms. The van der Waals surface area contributed by atoms with E-state index in [1.807, 2.05) is 6.92 Å². The van der Waals surface area contributed by atoms with Gasteiger partial charge in [0.1, 0.15) is 0 Å². The first-order chi connectivity index (χ1) is 11.9. The lowest BCUT2D eigenvalue weighted by Crippen LogP contribution is -2.69. The molecular formula is C15H26N6O4. The van der Waals surface area contributed by atoms with Crippen molar-refractivity contribution in [1.29, 1.82) is 0 Å². The highest BCUT2D eigenvalue weighted by molar-refractivity contribution is 6.07. The van der Waals surface area contributed by atoms with Gasteiger partial charge in [-0.3, -0.25) is 9.79 Å². The second-order valence-electron chi connectivity index (χ2n) is 6.25. The second kappa shape index (κ2) is 8.15. The molecule has 0 aromatic carbocycles. The number of aliphatic imine (C=N–C) groups is 1. The minimum Gasteiger partial charge on any atom is -0.480 e. The van der Waals surface area contributed by atoms with Crippen molar-refractivity contribution in [3.05, 3.63) is 0 Å². The van der Waals surface area contributed by atoms with Crippen LogP contribution >= 0.6 is 0 Å². The molecule has 0 bridgehead atoms. The Labute approximate surface area is 146 Å². The predicted octanol–water partition coefficient (Wildman–Crippen LogP) is -1.29. The number of imide groups is 1. The molecule has 0 aliphatic carbocycles. The summed E-state index contributed by atoms with van der Waals surface area (Å²) in [6, 6.07) is -1.61. The molecule has 2 aliphatic rings. The van der Waals surface area contributed by atoms with Gasteiger partial charge in [0.05, 0.1) is 5.92 Å². The van der Waals surface area contributed by atoms with Crippen molar-refractivity contribution < 1.29 is 19.5 Å². The summed E-state index contributed by atoms with van der Waals surface area (Å²) in [6.45, 7) is 5.72. The SMILES string of the molecule is CCN1CCN(C(=O)N2C(=O)[C@H](CCCN=C(N)N)C2C(=O)O)CC1. The van der Waals surface area contributed by atoms with Gasteiger partial charge in [0.25, 0.3) is 0 Å². The van der Waals surface area contributed by atoms with Crippen LogP contribution < -0.4 is 11.5 Å². The molecule has 0 aromatic heterocycles. The fraction of sp³-hybridized carbons (Fsp3) is 0.733. The number of carboxylic acids is 1. The summed E-state index contributed by atoms with van der Waals surface area (Å²) < 4.78 is 0. The Morgan fingerprint density at radius 3 is 2.40 bits per heavy atom. The van der Waals surface area contributed by atoms with E-state index in [4.69, 9.17) is 11.5 Å². The van der Waals surface area contributed by atoms with E-state index < -0.39 is 29.9 Å². The fourth-order valence-corrected chi connectivity index (χ4v) is 3.25. The summed E-state index contributed by atoms with van der Waals surface area (Å²) >= 11 is 0. The van der Waals surface area contributed by atoms with Gasteiger partial charge in [-0.1, -0.05) is 6.92 Å². The molecule has 0 radical (unpaired) electrons. The topological polar surface area (TPSA) is 146 Å². The largest absolute Gasteiger partial charge is 0.480 e. The highest BCUT2D eigenvalue weighted by atomic mass is 16.4. The van der Waals surface area contributed by atoms with Crippen LogP contribution in [0.3, 0.4) is 0 Å². The number of hydrogen-bond donors (Lipinski definition) is 3. The van der Waals surface area contributed by atoms with Crippen LogP contribution in [-0.4, -0.2) is 89.0 Å². The molecule has 2 heterocycles. The molecule has 1 unspecified atom stereocenters. The number of hydrogen-bond acceptors (Lipinski definition) is 5. The van der Waals surface area contributed by atoms with Crippen molar-refractivity contribution in [3.8, 4) is 0 Å². The molecule has 0 saturated carbocycles. The first kappa shape index (κ1) is 19.0. The Morgan fingerprint density at radius 2 is 1.88 bits per heavy atom. The number of nitrogens with zero attached hydrogens (tertiary/aromatic N) is 4. The Bertz CT molecular complexity index is 554. The molecule has 10 nitrogen and oxygen atoms in total. The number of β-lactam (4-membered cyclic amide) rings is 1. The van der Waals surface area contributed by atoms with Crippen LogP contribution in [0.25, 0.3) is 0 Å². The number of amides is 3. The first-order valence-electron chi connectivity index (χ1n) is 8.49. The fourth-order valence-electron chi connectivity index (χ4n) is 3.25. The summed E-state index contributed by atoms with van der Waals surface area (Å²) in [7, 11) is 0. The third-order valence-electron chi connectivity index (χ3n) is 4.73. The third kappa shape index (κ3) is 4.19. The maximum atomic E-state index is 12.6. The normalized spacial score (nSPS) is 24.0. The quantitative estimate of drug-likeness (QED) is 0.233. The summed E-state index contributed by atoms with van der Waals surface area (Å²) in [5.74, 6) is -2.34. The minimum absolute atomic E-state index is 0.0438. The van der Waals surface area contributed by atoms with Crippen LogP contribution in [0.4, 0.5) is 4.79 Å². The Balaban J connectivity index is 1.94. The third-order valence-corrected chi connectivity index (χ3v) is 4.73. The summed E-state index contributed by atoms with van der Waals surface area (Å²) in [5, 5.41) is 9.42. The van der Waals surface area contributed by atoms with Crippen molar-refractivity contribution in [2.24, 2.45) is 22.4 Å². The maximum Gasteiger partial charge on any atom is 0.327 e. The van der Waals surface area contributed by atoms with E-state index >= 15 is 0 Å². The lowest BCUT2D eigenvalue weighted by molar-refractivity contribution is -0.167. The van der Waals surface area contributed by atoms with Gasteiger partial charge in [0.15, 0.2) is 12.0 Å². The molecule has 2 atom stereocenters. The Kier molecular flexibility index (Phi) is 6.18. The molecule has 2 rings (SSSR count). The lowest BCUT2D eigenvalue weighted by atomic mass is 9.84. The van der Waals surface area contributed by atoms with Crippen LogP contribution in [0.2, 0.25) is 0 Å². The van der Waals surface area contributed by atoms with Crippen LogP contribution in [0.15, 0.2) is 4.99 Å². The van der Waals surface area contributed by atoms with Crippen LogP contribution in [0.1, 0.15) is 19.8 Å². The van der Waals surface area contributed by atoms with Gasteiger partial charge >= 0.3 is 12.0 Å². The van der Waals surface area contributed by atoms with Gasteiger partial charge in [0.2, 0.25) is 5.91 Å². The summed E-state index contributed by atoms with van der Waals surface area (Å²) in [6.07, 6.45) is 0.815. The second-order valence-corrected chi connectivity index (χ2v) is 6.25. The minimum atomic E-state index is -1.16. The molecule has 2 saturated heterocycles. The molecule has 2 aliphatic heterocycles. The number of piperazine rings is 1. The standard InChI is InChI=1S/C15H26N6O4/c1-2-19-6-8-20(9-7-19)15(25)21-11(13(23)24)10(12(21)22)4-3-5-18-14(16)17/h10-11H,2-9H2,1H3,(H,23,24)(H4,16,17,18)/t10-,11?/m1/s1. The zero-order valence-corrected chi connectivity index (χ0v) is 14.4. The zero-order valence-electron chi connectivity index (χ0n) is 14.4. The first-order valence-corrected chi connectivity index (χ1v) is 8.49. The Morgan fingerprint density at radius 1 is 1.24 bits per heavy atom. The number of nitrogens with two attached hydrogens (primary N) is 2. The van der Waals surface area contributed by atoms with E-state index in [0.717, 1.165) is 24.5 Å². The monoisotopic (exact) mass is 354 g/mol. The molecule has 140 valence electrons. The molecule has 5 N–H and O–H groups in total. The van der Waals surface area contributed by atoms with Crippen molar-refractivity contribution in [2.45, 2.75) is 25.8 Å². The smallest absolute Gasteiger partial charge is 0.327 e. The number of likely N-dealkylation sites (tertiary alicyclic amines) is 1. The number of aliphatic carboxylic acids is 1. The number of carboxylic acid groups (broad SMARTS) is 1. The highest BCUT2D eigenvalue weighted by Crippen LogP contribution is 2.32. The van der Waals surface area contributed by atoms with E-state index in [9.17, 15) is 19.5 Å². The molecule has 10 heteroatoms. The summed E-state index contributed by atoms with van der Waals surface area (Å²) in [4.78, 5) is 44.9. The lowest BCUT2D eigenvalue weighted by Gasteiger charge is -2.46. The number of likely N-dealkylation sites (N-methyl/N-ethyl adjacent to an activating group) is 1. The van der Waals surface area contributed by atoms with Gasteiger partial charge in [-0.25, -0.2) is 14.5 Å². The molecule has 3 amide bonds. The number of rotatable bonds is 6. The molecule has 0 spiro atoms. The highest BCUT2D eigenvalue weighted by Gasteiger charge is 2.55. The zero-order chi connectivity index (χ0) is 18.6. The molecule has 0 aromatic rings. The van der Waals surface area contributed by atoms with E-state index in [1.165, 1.54) is 0 Å². The van der Waals surface area contributed by atoms with Crippen molar-refractivity contribution in [2.75, 3.05) is 39.3 Å². The predicted molar refractivity (Wildman–Crippen MR) is 90.8 cm³/mol. The number of carbonyl (C=O) groups excluding carboxylic acids is 2. The van der Waals surface area contributed by atoms with Crippen molar-refractivity contribution >= 4 is 23.9 Å². The number of guanidine groups is 1. The van der Waals surface area contributed by atoms with E-state index in [2.05, 4.69) is 9.89 Å². The average Bonchev–Trinajstić information content (AvgIpc) is 2.58. The van der Waals surface area contributed by atoms with Gasteiger partial charge < -0.3 is 26.4 Å². The Hall–Kier alpha value is -2.36. The summed E-state index contributed by atoms with van der Waals surface area (Å²) in [5.41, 5.74) is 10.5. The number of urea groups is 1. The van der Waals surface area contributed by atoms with Gasteiger partial charge in [-0.05, 0) is 19.4 Å². The molecular weight excluding hydrogens is 328 g/mol. The van der Waals surface area contributed by atoms with Crippen molar-refractivity contribution in [3.63, 3.8) is 0 Å². The van der Waals surface area contributed by atoms with E-state index in [0.29, 0.717) is 32.5 Å². The number of carbonyl (C=O) groups is 3. The van der Waals surface area contributed by atoms with Gasteiger partial charge in [0, 0.05) is 32.7 Å². The van der Waals surface area contributed by atoms with E-state index in [1.54, 1.807) is 4.90 Å². The maximum absolute atomic E-state index is 12.6. The van der Waals surface area contributed by atoms with Crippen molar-refractivity contribution in [1.82, 2.24) is 14.7 Å². The van der Waals surface area contributed by atoms with Crippen LogP contribution in [0.5, 0.6) is 0 Å². The van der Waals surface area contributed by atoms with Gasteiger partial charge in [-0.2, -0.15) is 0 Å². The van der Waals surface area contributed by atoms with Crippen LogP contribution in [-0.2, 0) is 9.59 Å².